The zero-order chi connectivity index (χ0) is 31.3. The number of ketones is 1. The number of anilines is 1. The molecule has 0 saturated heterocycles. The number of benzene rings is 1. The number of nitrogen functional groups attached to an aromatic ring is 1. The van der Waals surface area contributed by atoms with Crippen molar-refractivity contribution in [2.45, 2.75) is 56.8 Å². The molecule has 2 amide bonds. The standard InChI is InChI=1S/C32H33N7O4S/c1-4-23(40)38-21-6-5-7-22(21)39-31(42)29-26-25-19(10-12-20(33)28(25)44-29)32(35,30(41)27(26)34)18-11-13-24(37-16(18)3)43-17-9-8-15(2)36-14-17/h4,8-14,21-22,27H,1,5-7,33-35H2,2-3H3,(H,38,40)(H,39,42)/t21-,22+,27?,32?/m0/s1. The van der Waals surface area contributed by atoms with Gasteiger partial charge in [0.05, 0.1) is 21.8 Å². The highest BCUT2D eigenvalue weighted by Crippen LogP contribution is 2.50. The van der Waals surface area contributed by atoms with Gasteiger partial charge in [0.15, 0.2) is 5.78 Å². The van der Waals surface area contributed by atoms with Crippen LogP contribution in [0.1, 0.15) is 63.1 Å². The van der Waals surface area contributed by atoms with Gasteiger partial charge in [0.25, 0.3) is 5.91 Å². The highest BCUT2D eigenvalue weighted by Gasteiger charge is 2.49. The number of pyridine rings is 2. The third-order valence-electron chi connectivity index (χ3n) is 8.46. The Morgan fingerprint density at radius 3 is 2.50 bits per heavy atom. The van der Waals surface area contributed by atoms with Crippen LogP contribution in [-0.4, -0.2) is 39.6 Å². The Bertz CT molecular complexity index is 1840. The maximum absolute atomic E-state index is 14.2. The quantitative estimate of drug-likeness (QED) is 0.154. The number of amides is 2. The zero-order valence-corrected chi connectivity index (χ0v) is 25.2. The molecule has 226 valence electrons. The Morgan fingerprint density at radius 1 is 1.09 bits per heavy atom. The number of carbonyl (C=O) groups is 3. The van der Waals surface area contributed by atoms with Crippen LogP contribution in [0.3, 0.4) is 0 Å². The van der Waals surface area contributed by atoms with E-state index in [-0.39, 0.29) is 23.9 Å². The molecule has 3 aromatic heterocycles. The van der Waals surface area contributed by atoms with E-state index in [9.17, 15) is 14.4 Å². The number of aryl methyl sites for hydroxylation is 2. The van der Waals surface area contributed by atoms with E-state index >= 15 is 0 Å². The highest BCUT2D eigenvalue weighted by atomic mass is 32.1. The third kappa shape index (κ3) is 4.80. The first-order valence-electron chi connectivity index (χ1n) is 14.3. The van der Waals surface area contributed by atoms with Crippen molar-refractivity contribution in [3.8, 4) is 11.6 Å². The van der Waals surface area contributed by atoms with Gasteiger partial charge in [-0.3, -0.25) is 19.4 Å². The molecule has 1 saturated carbocycles. The fourth-order valence-corrected chi connectivity index (χ4v) is 7.46. The van der Waals surface area contributed by atoms with Crippen LogP contribution in [0.15, 0.2) is 55.3 Å². The van der Waals surface area contributed by atoms with Gasteiger partial charge in [-0.05, 0) is 69.0 Å². The number of aromatic nitrogens is 2. The van der Waals surface area contributed by atoms with Crippen molar-refractivity contribution in [1.82, 2.24) is 20.6 Å². The van der Waals surface area contributed by atoms with Gasteiger partial charge >= 0.3 is 0 Å². The molecule has 0 bridgehead atoms. The van der Waals surface area contributed by atoms with Crippen molar-refractivity contribution in [1.29, 1.82) is 0 Å². The molecule has 4 aromatic rings. The zero-order valence-electron chi connectivity index (χ0n) is 24.3. The summed E-state index contributed by atoms with van der Waals surface area (Å²) in [6.45, 7) is 7.14. The minimum Gasteiger partial charge on any atom is -0.437 e. The summed E-state index contributed by atoms with van der Waals surface area (Å²) < 4.78 is 6.50. The number of thiophene rings is 1. The van der Waals surface area contributed by atoms with Crippen molar-refractivity contribution in [2.75, 3.05) is 5.73 Å². The van der Waals surface area contributed by atoms with E-state index in [1.807, 2.05) is 13.0 Å². The SMILES string of the molecule is C=CC(=O)N[C@H]1CCC[C@H]1NC(=O)c1sc2c(N)ccc3c2c1C(N)C(=O)C3(N)c1ccc(Oc2ccc(C)nc2)nc1C. The molecule has 6 rings (SSSR count). The number of nitrogens with zero attached hydrogens (tertiary/aromatic N) is 2. The summed E-state index contributed by atoms with van der Waals surface area (Å²) >= 11 is 1.18. The second kappa shape index (κ2) is 11.1. The smallest absolute Gasteiger partial charge is 0.262 e. The number of hydrogen-bond acceptors (Lipinski definition) is 10. The average molecular weight is 612 g/mol. The molecule has 8 N–H and O–H groups in total. The van der Waals surface area contributed by atoms with Crippen LogP contribution in [0.5, 0.6) is 11.6 Å². The van der Waals surface area contributed by atoms with Gasteiger partial charge in [-0.25, -0.2) is 4.98 Å². The molecule has 1 fully saturated rings. The van der Waals surface area contributed by atoms with Crippen LogP contribution in [0.2, 0.25) is 0 Å². The first-order valence-corrected chi connectivity index (χ1v) is 15.1. The van der Waals surface area contributed by atoms with E-state index in [1.165, 1.54) is 17.4 Å². The van der Waals surface area contributed by atoms with Gasteiger partial charge in [0.2, 0.25) is 11.8 Å². The lowest BCUT2D eigenvalue weighted by Gasteiger charge is -2.37. The maximum Gasteiger partial charge on any atom is 0.262 e. The van der Waals surface area contributed by atoms with Crippen LogP contribution in [0.4, 0.5) is 5.69 Å². The average Bonchev–Trinajstić information content (AvgIpc) is 3.62. The second-order valence-electron chi connectivity index (χ2n) is 11.3. The Hall–Kier alpha value is -4.65. The molecule has 2 unspecified atom stereocenters. The summed E-state index contributed by atoms with van der Waals surface area (Å²) in [6, 6.07) is 8.69. The molecule has 0 spiro atoms. The number of ether oxygens (including phenoxy) is 1. The van der Waals surface area contributed by atoms with Crippen LogP contribution in [0.25, 0.3) is 10.1 Å². The molecule has 0 radical (unpaired) electrons. The minimum absolute atomic E-state index is 0.229. The third-order valence-corrected chi connectivity index (χ3v) is 9.71. The summed E-state index contributed by atoms with van der Waals surface area (Å²) in [5.41, 5.74) is 21.6. The summed E-state index contributed by atoms with van der Waals surface area (Å²) in [7, 11) is 0. The van der Waals surface area contributed by atoms with E-state index in [2.05, 4.69) is 27.2 Å². The van der Waals surface area contributed by atoms with Gasteiger partial charge in [-0.15, -0.1) is 11.3 Å². The number of Topliss-reactive ketones (excluding diaryl/α,β-unsaturated/α-hetero) is 1. The number of nitrogens with two attached hydrogens (primary N) is 3. The van der Waals surface area contributed by atoms with Gasteiger partial charge < -0.3 is 32.6 Å². The van der Waals surface area contributed by atoms with Crippen molar-refractivity contribution in [3.63, 3.8) is 0 Å². The first-order chi connectivity index (χ1) is 21.0. The molecule has 2 aliphatic rings. The molecule has 11 nitrogen and oxygen atoms in total. The molecule has 2 aliphatic carbocycles. The number of hydrogen-bond donors (Lipinski definition) is 5. The van der Waals surface area contributed by atoms with Crippen LogP contribution in [0, 0.1) is 13.8 Å². The summed E-state index contributed by atoms with van der Waals surface area (Å²) in [5.74, 6) is -0.306. The van der Waals surface area contributed by atoms with Crippen molar-refractivity contribution < 1.29 is 19.1 Å². The predicted octanol–water partition coefficient (Wildman–Crippen LogP) is 3.42. The predicted molar refractivity (Wildman–Crippen MR) is 168 cm³/mol. The number of rotatable bonds is 7. The maximum atomic E-state index is 14.2. The Morgan fingerprint density at radius 2 is 1.82 bits per heavy atom. The van der Waals surface area contributed by atoms with Crippen molar-refractivity contribution in [3.05, 3.63) is 88.2 Å². The number of nitrogens with one attached hydrogen (secondary N) is 2. The van der Waals surface area contributed by atoms with Gasteiger partial charge in [0.1, 0.15) is 11.3 Å². The molecule has 0 aliphatic heterocycles. The van der Waals surface area contributed by atoms with E-state index in [1.54, 1.807) is 43.5 Å². The van der Waals surface area contributed by atoms with Gasteiger partial charge in [-0.1, -0.05) is 12.6 Å². The molecule has 44 heavy (non-hydrogen) atoms. The fourth-order valence-electron chi connectivity index (χ4n) is 6.26. The van der Waals surface area contributed by atoms with E-state index < -0.39 is 17.4 Å². The lowest BCUT2D eigenvalue weighted by atomic mass is 9.70. The lowest BCUT2D eigenvalue weighted by molar-refractivity contribution is -0.124. The first kappa shape index (κ1) is 29.4. The fraction of sp³-hybridized carbons (Fsp3) is 0.281. The van der Waals surface area contributed by atoms with Crippen molar-refractivity contribution in [2.24, 2.45) is 11.5 Å². The van der Waals surface area contributed by atoms with E-state index in [0.29, 0.717) is 61.1 Å². The molecule has 3 heterocycles. The van der Waals surface area contributed by atoms with Crippen molar-refractivity contribution >= 4 is 44.7 Å². The van der Waals surface area contributed by atoms with Gasteiger partial charge in [-0.2, -0.15) is 0 Å². The Labute approximate surface area is 257 Å². The molecule has 4 atom stereocenters. The monoisotopic (exact) mass is 611 g/mol. The summed E-state index contributed by atoms with van der Waals surface area (Å²) in [6.07, 6.45) is 5.09. The Balaban J connectivity index is 1.39. The molecule has 12 heteroatoms. The largest absolute Gasteiger partial charge is 0.437 e. The minimum atomic E-state index is -1.65. The molecule has 1 aromatic carbocycles. The second-order valence-corrected chi connectivity index (χ2v) is 12.3. The number of carbonyl (C=O) groups excluding carboxylic acids is 3. The van der Waals surface area contributed by atoms with Crippen LogP contribution < -0.4 is 32.6 Å². The highest BCUT2D eigenvalue weighted by molar-refractivity contribution is 7.21. The van der Waals surface area contributed by atoms with E-state index in [0.717, 1.165) is 18.5 Å². The lowest BCUT2D eigenvalue weighted by Crippen LogP contribution is -2.53. The normalized spacial score (nSPS) is 22.5. The molecular formula is C32H33N7O4S. The Kier molecular flexibility index (Phi) is 7.44. The topological polar surface area (TPSA) is 188 Å². The van der Waals surface area contributed by atoms with E-state index in [4.69, 9.17) is 21.9 Å². The van der Waals surface area contributed by atoms with Crippen LogP contribution >= 0.6 is 11.3 Å². The van der Waals surface area contributed by atoms with Crippen LogP contribution in [-0.2, 0) is 15.1 Å². The summed E-state index contributed by atoms with van der Waals surface area (Å²) in [4.78, 5) is 49.0. The summed E-state index contributed by atoms with van der Waals surface area (Å²) in [5, 5.41) is 6.54. The van der Waals surface area contributed by atoms with Gasteiger partial charge in [0, 0.05) is 51.7 Å². The molecular weight excluding hydrogens is 578 g/mol.